The first-order valence-corrected chi connectivity index (χ1v) is 9.92. The highest BCUT2D eigenvalue weighted by Crippen LogP contribution is 2.23. The fourth-order valence-electron chi connectivity index (χ4n) is 2.94. The molecule has 1 saturated heterocycles. The summed E-state index contributed by atoms with van der Waals surface area (Å²) in [6.45, 7) is -1.71. The lowest BCUT2D eigenvalue weighted by Gasteiger charge is -2.35. The minimum Gasteiger partial charge on any atom is -0.434 e. The smallest absolute Gasteiger partial charge is 0.387 e. The molecule has 0 radical (unpaired) electrons. The highest BCUT2D eigenvalue weighted by Gasteiger charge is 2.26. The Kier molecular flexibility index (Phi) is 7.03. The van der Waals surface area contributed by atoms with Gasteiger partial charge in [-0.3, -0.25) is 9.59 Å². The molecule has 0 unspecified atom stereocenters. The number of piperazine rings is 1. The van der Waals surface area contributed by atoms with E-state index in [1.165, 1.54) is 47.0 Å². The third-order valence-corrected chi connectivity index (χ3v) is 5.43. The molecule has 1 aliphatic rings. The lowest BCUT2D eigenvalue weighted by Crippen LogP contribution is -2.51. The molecule has 29 heavy (non-hydrogen) atoms. The topological polar surface area (TPSA) is 49.9 Å². The average Bonchev–Trinajstić information content (AvgIpc) is 2.73. The van der Waals surface area contributed by atoms with Crippen LogP contribution in [-0.4, -0.2) is 60.2 Å². The van der Waals surface area contributed by atoms with Crippen molar-refractivity contribution >= 4 is 23.6 Å². The molecule has 0 N–H and O–H groups in total. The van der Waals surface area contributed by atoms with Crippen LogP contribution in [-0.2, 0) is 4.79 Å². The third-order valence-electron chi connectivity index (χ3n) is 4.43. The summed E-state index contributed by atoms with van der Waals surface area (Å²) in [5, 5.41) is 0. The quantitative estimate of drug-likeness (QED) is 0.666. The zero-order valence-corrected chi connectivity index (χ0v) is 16.2. The lowest BCUT2D eigenvalue weighted by molar-refractivity contribution is -0.129. The Bertz CT molecular complexity index is 856. The number of nitrogens with zero attached hydrogens (tertiary/aromatic N) is 2. The predicted molar refractivity (Wildman–Crippen MR) is 103 cm³/mol. The molecule has 0 atom stereocenters. The van der Waals surface area contributed by atoms with Crippen LogP contribution in [0.5, 0.6) is 5.75 Å². The predicted octanol–water partition coefficient (Wildman–Crippen LogP) is 3.50. The minimum atomic E-state index is -3.02. The Morgan fingerprint density at radius 1 is 0.966 bits per heavy atom. The molecule has 0 saturated carbocycles. The van der Waals surface area contributed by atoms with Crippen LogP contribution in [0.1, 0.15) is 10.4 Å². The van der Waals surface area contributed by atoms with Crippen molar-refractivity contribution in [3.05, 3.63) is 59.9 Å². The van der Waals surface area contributed by atoms with Crippen LogP contribution in [0.2, 0.25) is 0 Å². The van der Waals surface area contributed by atoms with Crippen molar-refractivity contribution in [2.75, 3.05) is 31.9 Å². The molecule has 1 heterocycles. The number of halogens is 3. The Balaban J connectivity index is 1.53. The number of hydrogen-bond acceptors (Lipinski definition) is 4. The molecule has 2 aromatic rings. The van der Waals surface area contributed by atoms with Crippen molar-refractivity contribution in [2.45, 2.75) is 11.5 Å². The van der Waals surface area contributed by atoms with E-state index in [1.807, 2.05) is 0 Å². The molecule has 0 bridgehead atoms. The van der Waals surface area contributed by atoms with Gasteiger partial charge in [-0.2, -0.15) is 8.78 Å². The number of thioether (sulfide) groups is 1. The highest BCUT2D eigenvalue weighted by atomic mass is 32.2. The summed E-state index contributed by atoms with van der Waals surface area (Å²) in [6.07, 6.45) is 0. The van der Waals surface area contributed by atoms with Crippen LogP contribution in [0.15, 0.2) is 53.4 Å². The van der Waals surface area contributed by atoms with Gasteiger partial charge in [0.25, 0.3) is 5.91 Å². The van der Waals surface area contributed by atoms with Crippen molar-refractivity contribution in [1.82, 2.24) is 9.80 Å². The van der Waals surface area contributed by atoms with E-state index in [0.717, 1.165) is 4.90 Å². The first-order valence-electron chi connectivity index (χ1n) is 8.93. The number of carbonyl (C=O) groups excluding carboxylic acids is 2. The fraction of sp³-hybridized carbons (Fsp3) is 0.300. The number of hydrogen-bond donors (Lipinski definition) is 0. The molecule has 154 valence electrons. The summed E-state index contributed by atoms with van der Waals surface area (Å²) in [4.78, 5) is 29.0. The van der Waals surface area contributed by atoms with Gasteiger partial charge in [0.15, 0.2) is 0 Å². The summed E-state index contributed by atoms with van der Waals surface area (Å²) in [5.74, 6) is -0.768. The van der Waals surface area contributed by atoms with Crippen LogP contribution < -0.4 is 4.74 Å². The number of alkyl halides is 2. The summed E-state index contributed by atoms with van der Waals surface area (Å²) in [5.41, 5.74) is 0.0689. The molecule has 2 amide bonds. The molecule has 3 rings (SSSR count). The van der Waals surface area contributed by atoms with Crippen LogP contribution in [0.25, 0.3) is 0 Å². The zero-order chi connectivity index (χ0) is 20.8. The normalized spacial score (nSPS) is 14.2. The maximum atomic E-state index is 12.9. The number of rotatable bonds is 6. The first-order chi connectivity index (χ1) is 13.9. The molecule has 1 aliphatic heterocycles. The number of para-hydroxylation sites is 1. The standard InChI is InChI=1S/C20H19F3N2O3S/c21-14-5-7-15(8-6-14)29-13-18(26)24-9-11-25(12-10-24)19(27)16-3-1-2-4-17(16)28-20(22)23/h1-8,20H,9-13H2. The fourth-order valence-corrected chi connectivity index (χ4v) is 3.74. The molecule has 0 aliphatic carbocycles. The Morgan fingerprint density at radius 3 is 2.24 bits per heavy atom. The number of benzene rings is 2. The molecular formula is C20H19F3N2O3S. The van der Waals surface area contributed by atoms with Crippen LogP contribution >= 0.6 is 11.8 Å². The van der Waals surface area contributed by atoms with Crippen molar-refractivity contribution in [1.29, 1.82) is 0 Å². The van der Waals surface area contributed by atoms with Crippen LogP contribution in [0, 0.1) is 5.82 Å². The van der Waals surface area contributed by atoms with E-state index >= 15 is 0 Å². The van der Waals surface area contributed by atoms with Gasteiger partial charge in [-0.05, 0) is 36.4 Å². The maximum absolute atomic E-state index is 12.9. The SMILES string of the molecule is O=C(CSc1ccc(F)cc1)N1CCN(C(=O)c2ccccc2OC(F)F)CC1. The second-order valence-corrected chi connectivity index (χ2v) is 7.34. The molecule has 9 heteroatoms. The van der Waals surface area contributed by atoms with E-state index in [1.54, 1.807) is 23.1 Å². The van der Waals surface area contributed by atoms with E-state index in [9.17, 15) is 22.8 Å². The summed E-state index contributed by atoms with van der Waals surface area (Å²) in [7, 11) is 0. The average molecular weight is 424 g/mol. The van der Waals surface area contributed by atoms with E-state index in [0.29, 0.717) is 26.2 Å². The maximum Gasteiger partial charge on any atom is 0.387 e. The number of carbonyl (C=O) groups is 2. The molecule has 2 aromatic carbocycles. The Hall–Kier alpha value is -2.68. The van der Waals surface area contributed by atoms with E-state index in [-0.39, 0.29) is 28.8 Å². The van der Waals surface area contributed by atoms with Gasteiger partial charge in [-0.15, -0.1) is 11.8 Å². The van der Waals surface area contributed by atoms with Crippen molar-refractivity contribution in [2.24, 2.45) is 0 Å². The zero-order valence-electron chi connectivity index (χ0n) is 15.4. The molecule has 5 nitrogen and oxygen atoms in total. The molecule has 0 spiro atoms. The Morgan fingerprint density at radius 2 is 1.59 bits per heavy atom. The Labute approximate surface area is 170 Å². The van der Waals surface area contributed by atoms with Gasteiger partial charge in [0, 0.05) is 31.1 Å². The van der Waals surface area contributed by atoms with Crippen LogP contribution in [0.4, 0.5) is 13.2 Å². The highest BCUT2D eigenvalue weighted by molar-refractivity contribution is 8.00. The largest absolute Gasteiger partial charge is 0.434 e. The monoisotopic (exact) mass is 424 g/mol. The molecule has 0 aromatic heterocycles. The van der Waals surface area contributed by atoms with Gasteiger partial charge in [0.1, 0.15) is 11.6 Å². The van der Waals surface area contributed by atoms with E-state index < -0.39 is 12.5 Å². The second kappa shape index (κ2) is 9.69. The minimum absolute atomic E-state index is 0.0689. The van der Waals surface area contributed by atoms with Crippen molar-refractivity contribution in [3.8, 4) is 5.75 Å². The molecule has 1 fully saturated rings. The molecular weight excluding hydrogens is 405 g/mol. The summed E-state index contributed by atoms with van der Waals surface area (Å²) >= 11 is 1.32. The van der Waals surface area contributed by atoms with Crippen LogP contribution in [0.3, 0.4) is 0 Å². The van der Waals surface area contributed by atoms with Gasteiger partial charge in [-0.1, -0.05) is 12.1 Å². The second-order valence-electron chi connectivity index (χ2n) is 6.29. The number of amides is 2. The van der Waals surface area contributed by atoms with Gasteiger partial charge in [0.05, 0.1) is 11.3 Å². The van der Waals surface area contributed by atoms with Gasteiger partial charge < -0.3 is 14.5 Å². The third kappa shape index (κ3) is 5.66. The van der Waals surface area contributed by atoms with Crippen molar-refractivity contribution < 1.29 is 27.5 Å². The van der Waals surface area contributed by atoms with Crippen molar-refractivity contribution in [3.63, 3.8) is 0 Å². The summed E-state index contributed by atoms with van der Waals surface area (Å²) in [6, 6.07) is 11.8. The van der Waals surface area contributed by atoms with E-state index in [4.69, 9.17) is 0 Å². The van der Waals surface area contributed by atoms with Gasteiger partial charge >= 0.3 is 6.61 Å². The lowest BCUT2D eigenvalue weighted by atomic mass is 10.1. The summed E-state index contributed by atoms with van der Waals surface area (Å²) < 4.78 is 42.5. The van der Waals surface area contributed by atoms with Gasteiger partial charge in [-0.25, -0.2) is 4.39 Å². The van der Waals surface area contributed by atoms with Gasteiger partial charge in [0.2, 0.25) is 5.91 Å². The van der Waals surface area contributed by atoms with E-state index in [2.05, 4.69) is 4.74 Å². The number of ether oxygens (including phenoxy) is 1. The first kappa shape index (κ1) is 21.0.